The molecular weight excluding hydrogens is 266 g/mol. The van der Waals surface area contributed by atoms with Crippen LogP contribution in [0.1, 0.15) is 52.9 Å². The lowest BCUT2D eigenvalue weighted by molar-refractivity contribution is 0.310. The highest BCUT2D eigenvalue weighted by molar-refractivity contribution is 5.36. The molecule has 6 heteroatoms. The Hall–Kier alpha value is -1.59. The van der Waals surface area contributed by atoms with E-state index in [-0.39, 0.29) is 0 Å². The highest BCUT2D eigenvalue weighted by Gasteiger charge is 2.21. The Bertz CT molecular complexity index is 416. The van der Waals surface area contributed by atoms with Gasteiger partial charge >= 0.3 is 6.01 Å². The first-order valence-corrected chi connectivity index (χ1v) is 8.14. The van der Waals surface area contributed by atoms with Crippen LogP contribution < -0.4 is 15.4 Å². The molecule has 1 aromatic heterocycles. The molecule has 6 nitrogen and oxygen atoms in total. The minimum absolute atomic E-state index is 0.383. The summed E-state index contributed by atoms with van der Waals surface area (Å²) in [6.45, 7) is 7.54. The van der Waals surface area contributed by atoms with Gasteiger partial charge < -0.3 is 15.4 Å². The van der Waals surface area contributed by atoms with E-state index in [1.807, 2.05) is 13.8 Å². The van der Waals surface area contributed by atoms with E-state index in [1.54, 1.807) is 0 Å². The van der Waals surface area contributed by atoms with Crippen molar-refractivity contribution < 1.29 is 4.74 Å². The third-order valence-corrected chi connectivity index (χ3v) is 3.92. The first-order chi connectivity index (χ1) is 10.2. The van der Waals surface area contributed by atoms with E-state index in [1.165, 1.54) is 32.1 Å². The fourth-order valence-electron chi connectivity index (χ4n) is 2.83. The molecule has 0 amide bonds. The van der Waals surface area contributed by atoms with Crippen molar-refractivity contribution in [1.82, 2.24) is 15.0 Å². The van der Waals surface area contributed by atoms with Gasteiger partial charge in [-0.15, -0.1) is 0 Å². The van der Waals surface area contributed by atoms with Gasteiger partial charge in [-0.25, -0.2) is 0 Å². The first kappa shape index (κ1) is 15.8. The summed E-state index contributed by atoms with van der Waals surface area (Å²) in [4.78, 5) is 13.0. The SMILES string of the molecule is CCNc1nc(NC2CCCC(CC)C2)nc(OCC)n1. The fraction of sp³-hybridized carbons (Fsp3) is 0.800. The van der Waals surface area contributed by atoms with Gasteiger partial charge in [-0.3, -0.25) is 0 Å². The van der Waals surface area contributed by atoms with Crippen LogP contribution in [0.15, 0.2) is 0 Å². The zero-order chi connectivity index (χ0) is 15.1. The number of hydrogen-bond donors (Lipinski definition) is 2. The molecule has 21 heavy (non-hydrogen) atoms. The van der Waals surface area contributed by atoms with Crippen LogP contribution in [0.25, 0.3) is 0 Å². The van der Waals surface area contributed by atoms with Crippen LogP contribution in [-0.4, -0.2) is 34.1 Å². The number of rotatable bonds is 7. The Labute approximate surface area is 127 Å². The standard InChI is InChI=1S/C15H27N5O/c1-4-11-8-7-9-12(10-11)17-14-18-13(16-5-2)19-15(20-14)21-6-3/h11-12H,4-10H2,1-3H3,(H2,16,17,18,19,20). The van der Waals surface area contributed by atoms with E-state index in [4.69, 9.17) is 4.74 Å². The second-order valence-electron chi connectivity index (χ2n) is 5.51. The molecule has 2 rings (SSSR count). The Morgan fingerprint density at radius 3 is 2.62 bits per heavy atom. The molecule has 0 bridgehead atoms. The van der Waals surface area contributed by atoms with Crippen molar-refractivity contribution >= 4 is 11.9 Å². The lowest BCUT2D eigenvalue weighted by Gasteiger charge is -2.29. The van der Waals surface area contributed by atoms with Crippen LogP contribution in [0.3, 0.4) is 0 Å². The van der Waals surface area contributed by atoms with Crippen molar-refractivity contribution in [3.63, 3.8) is 0 Å². The molecule has 0 aromatic carbocycles. The van der Waals surface area contributed by atoms with Gasteiger partial charge in [0, 0.05) is 12.6 Å². The maximum absolute atomic E-state index is 5.42. The van der Waals surface area contributed by atoms with Gasteiger partial charge in [0.25, 0.3) is 0 Å². The molecule has 1 fully saturated rings. The summed E-state index contributed by atoms with van der Waals surface area (Å²) in [7, 11) is 0. The van der Waals surface area contributed by atoms with Crippen molar-refractivity contribution in [3.05, 3.63) is 0 Å². The van der Waals surface area contributed by atoms with Crippen molar-refractivity contribution in [2.45, 2.75) is 58.9 Å². The molecule has 0 saturated heterocycles. The number of nitrogens with zero attached hydrogens (tertiary/aromatic N) is 3. The summed E-state index contributed by atoms with van der Waals surface area (Å²) in [5, 5.41) is 6.58. The van der Waals surface area contributed by atoms with E-state index in [0.29, 0.717) is 30.6 Å². The highest BCUT2D eigenvalue weighted by atomic mass is 16.5. The predicted molar refractivity (Wildman–Crippen MR) is 84.8 cm³/mol. The van der Waals surface area contributed by atoms with Crippen molar-refractivity contribution in [2.75, 3.05) is 23.8 Å². The molecule has 1 heterocycles. The number of anilines is 2. The van der Waals surface area contributed by atoms with Gasteiger partial charge in [0.2, 0.25) is 11.9 Å². The minimum atomic E-state index is 0.383. The lowest BCUT2D eigenvalue weighted by Crippen LogP contribution is -2.28. The van der Waals surface area contributed by atoms with E-state index in [0.717, 1.165) is 12.5 Å². The molecule has 118 valence electrons. The zero-order valence-corrected chi connectivity index (χ0v) is 13.4. The molecule has 0 aliphatic heterocycles. The number of nitrogens with one attached hydrogen (secondary N) is 2. The van der Waals surface area contributed by atoms with E-state index < -0.39 is 0 Å². The van der Waals surface area contributed by atoms with Gasteiger partial charge in [-0.1, -0.05) is 26.2 Å². The Morgan fingerprint density at radius 1 is 1.10 bits per heavy atom. The summed E-state index contributed by atoms with van der Waals surface area (Å²) in [6, 6.07) is 0.837. The number of ether oxygens (including phenoxy) is 1. The molecule has 2 N–H and O–H groups in total. The number of aromatic nitrogens is 3. The zero-order valence-electron chi connectivity index (χ0n) is 13.4. The Balaban J connectivity index is 2.06. The largest absolute Gasteiger partial charge is 0.464 e. The normalized spacial score (nSPS) is 21.9. The van der Waals surface area contributed by atoms with Crippen LogP contribution in [0.2, 0.25) is 0 Å². The van der Waals surface area contributed by atoms with Crippen LogP contribution in [-0.2, 0) is 0 Å². The molecule has 1 aliphatic carbocycles. The lowest BCUT2D eigenvalue weighted by atomic mass is 9.84. The molecular formula is C15H27N5O. The molecule has 0 spiro atoms. The van der Waals surface area contributed by atoms with E-state index in [2.05, 4.69) is 32.5 Å². The van der Waals surface area contributed by atoms with Crippen molar-refractivity contribution in [1.29, 1.82) is 0 Å². The topological polar surface area (TPSA) is 72.0 Å². The summed E-state index contributed by atoms with van der Waals surface area (Å²) < 4.78 is 5.42. The monoisotopic (exact) mass is 293 g/mol. The average molecular weight is 293 g/mol. The quantitative estimate of drug-likeness (QED) is 0.805. The van der Waals surface area contributed by atoms with E-state index >= 15 is 0 Å². The number of hydrogen-bond acceptors (Lipinski definition) is 6. The summed E-state index contributed by atoms with van der Waals surface area (Å²) in [5.74, 6) is 2.00. The maximum Gasteiger partial charge on any atom is 0.323 e. The van der Waals surface area contributed by atoms with Gasteiger partial charge in [-0.2, -0.15) is 15.0 Å². The summed E-state index contributed by atoms with van der Waals surface area (Å²) in [5.41, 5.74) is 0. The molecule has 1 saturated carbocycles. The Morgan fingerprint density at radius 2 is 1.90 bits per heavy atom. The van der Waals surface area contributed by atoms with Crippen LogP contribution in [0, 0.1) is 5.92 Å². The third kappa shape index (κ3) is 4.72. The fourth-order valence-corrected chi connectivity index (χ4v) is 2.83. The first-order valence-electron chi connectivity index (χ1n) is 8.14. The van der Waals surface area contributed by atoms with Crippen LogP contribution in [0.5, 0.6) is 6.01 Å². The van der Waals surface area contributed by atoms with Crippen molar-refractivity contribution in [3.8, 4) is 6.01 Å². The second kappa shape index (κ2) is 8.00. The Kier molecular flexibility index (Phi) is 6.02. The highest BCUT2D eigenvalue weighted by Crippen LogP contribution is 2.28. The van der Waals surface area contributed by atoms with Gasteiger partial charge in [0.15, 0.2) is 0 Å². The smallest absolute Gasteiger partial charge is 0.323 e. The second-order valence-corrected chi connectivity index (χ2v) is 5.51. The molecule has 0 radical (unpaired) electrons. The predicted octanol–water partition coefficient (Wildman–Crippen LogP) is 3.08. The molecule has 2 atom stereocenters. The van der Waals surface area contributed by atoms with Crippen molar-refractivity contribution in [2.24, 2.45) is 5.92 Å². The molecule has 2 unspecified atom stereocenters. The minimum Gasteiger partial charge on any atom is -0.464 e. The maximum atomic E-state index is 5.42. The van der Waals surface area contributed by atoms with Crippen LogP contribution >= 0.6 is 0 Å². The van der Waals surface area contributed by atoms with Crippen LogP contribution in [0.4, 0.5) is 11.9 Å². The van der Waals surface area contributed by atoms with Gasteiger partial charge in [0.1, 0.15) is 0 Å². The summed E-state index contributed by atoms with van der Waals surface area (Å²) >= 11 is 0. The van der Waals surface area contributed by atoms with Gasteiger partial charge in [-0.05, 0) is 32.6 Å². The third-order valence-electron chi connectivity index (χ3n) is 3.92. The van der Waals surface area contributed by atoms with E-state index in [9.17, 15) is 0 Å². The molecule has 1 aromatic rings. The average Bonchev–Trinajstić information content (AvgIpc) is 2.48. The molecule has 1 aliphatic rings. The van der Waals surface area contributed by atoms with Gasteiger partial charge in [0.05, 0.1) is 6.61 Å². The summed E-state index contributed by atoms with van der Waals surface area (Å²) in [6.07, 6.45) is 6.26.